The zero-order valence-corrected chi connectivity index (χ0v) is 14.9. The Morgan fingerprint density at radius 1 is 1.44 bits per heavy atom. The Hall–Kier alpha value is -2.42. The summed E-state index contributed by atoms with van der Waals surface area (Å²) < 4.78 is 36.1. The predicted molar refractivity (Wildman–Crippen MR) is 95.3 cm³/mol. The Bertz CT molecular complexity index is 755. The molecule has 0 aliphatic carbocycles. The summed E-state index contributed by atoms with van der Waals surface area (Å²) >= 11 is 0. The average molecular weight is 382 g/mol. The number of anilines is 1. The van der Waals surface area contributed by atoms with E-state index in [1.54, 1.807) is 13.1 Å². The second-order valence-corrected chi connectivity index (χ2v) is 6.76. The Morgan fingerprint density at radius 2 is 2.22 bits per heavy atom. The van der Waals surface area contributed by atoms with Crippen molar-refractivity contribution in [2.45, 2.75) is 25.9 Å². The van der Waals surface area contributed by atoms with Gasteiger partial charge in [0.25, 0.3) is 0 Å². The summed E-state index contributed by atoms with van der Waals surface area (Å²) in [5.41, 5.74) is 2.59. The fraction of sp³-hybridized carbons (Fsp3) is 0.500. The van der Waals surface area contributed by atoms with Gasteiger partial charge in [0.05, 0.1) is 5.71 Å². The zero-order valence-electron chi connectivity index (χ0n) is 14.9. The lowest BCUT2D eigenvalue weighted by atomic mass is 9.95. The summed E-state index contributed by atoms with van der Waals surface area (Å²) in [6.45, 7) is 2.54. The standard InChI is InChI=1S/C18H21F3N4O2/c1-12(24-27-11-18(19,20)21)15-9-25(10-15)6-2-3-13-7-14-4-5-16(26)23-17(14)22-8-13/h2-3,7-8,15H,4-6,9-11H2,1H3,(H,22,23,26). The maximum atomic E-state index is 12.0. The Kier molecular flexibility index (Phi) is 5.79. The molecule has 0 aromatic carbocycles. The molecule has 3 rings (SSSR count). The van der Waals surface area contributed by atoms with Crippen LogP contribution in [0.3, 0.4) is 0 Å². The minimum absolute atomic E-state index is 0.00623. The molecule has 27 heavy (non-hydrogen) atoms. The predicted octanol–water partition coefficient (Wildman–Crippen LogP) is 2.87. The molecule has 146 valence electrons. The third-order valence-electron chi connectivity index (χ3n) is 4.53. The van der Waals surface area contributed by atoms with Gasteiger partial charge in [-0.2, -0.15) is 13.2 Å². The Balaban J connectivity index is 1.42. The van der Waals surface area contributed by atoms with Gasteiger partial charge in [-0.25, -0.2) is 4.98 Å². The molecular formula is C18H21F3N4O2. The first-order valence-electron chi connectivity index (χ1n) is 8.71. The summed E-state index contributed by atoms with van der Waals surface area (Å²) in [6.07, 6.45) is 2.52. The summed E-state index contributed by atoms with van der Waals surface area (Å²) in [7, 11) is 0. The van der Waals surface area contributed by atoms with E-state index in [9.17, 15) is 18.0 Å². The van der Waals surface area contributed by atoms with Crippen molar-refractivity contribution in [3.63, 3.8) is 0 Å². The van der Waals surface area contributed by atoms with Gasteiger partial charge in [-0.3, -0.25) is 9.69 Å². The number of nitrogens with one attached hydrogen (secondary N) is 1. The number of rotatable bonds is 6. The molecule has 0 bridgehead atoms. The van der Waals surface area contributed by atoms with Crippen molar-refractivity contribution in [3.05, 3.63) is 29.5 Å². The normalized spacial score (nSPS) is 19.0. The zero-order chi connectivity index (χ0) is 19.4. The molecule has 3 heterocycles. The van der Waals surface area contributed by atoms with Gasteiger partial charge in [0.2, 0.25) is 12.5 Å². The minimum Gasteiger partial charge on any atom is -0.386 e. The lowest BCUT2D eigenvalue weighted by molar-refractivity contribution is -0.174. The van der Waals surface area contributed by atoms with E-state index in [0.29, 0.717) is 24.4 Å². The number of pyridine rings is 1. The monoisotopic (exact) mass is 382 g/mol. The number of alkyl halides is 3. The third-order valence-corrected chi connectivity index (χ3v) is 4.53. The first-order valence-corrected chi connectivity index (χ1v) is 8.71. The van der Waals surface area contributed by atoms with Crippen LogP contribution in [0.25, 0.3) is 6.08 Å². The number of carbonyl (C=O) groups is 1. The molecule has 1 aromatic rings. The smallest absolute Gasteiger partial charge is 0.386 e. The fourth-order valence-electron chi connectivity index (χ4n) is 2.97. The van der Waals surface area contributed by atoms with Crippen LogP contribution in [0.4, 0.5) is 19.0 Å². The molecule has 9 heteroatoms. The second kappa shape index (κ2) is 8.08. The summed E-state index contributed by atoms with van der Waals surface area (Å²) in [5.74, 6) is 0.755. The molecule has 0 atom stereocenters. The number of nitrogens with zero attached hydrogens (tertiary/aromatic N) is 3. The van der Waals surface area contributed by atoms with E-state index in [1.807, 2.05) is 18.2 Å². The van der Waals surface area contributed by atoms with E-state index in [-0.39, 0.29) is 11.8 Å². The largest absolute Gasteiger partial charge is 0.425 e. The van der Waals surface area contributed by atoms with Gasteiger partial charge < -0.3 is 10.2 Å². The highest BCUT2D eigenvalue weighted by molar-refractivity contribution is 5.92. The van der Waals surface area contributed by atoms with E-state index in [1.165, 1.54) is 0 Å². The summed E-state index contributed by atoms with van der Waals surface area (Å²) in [4.78, 5) is 22.1. The van der Waals surface area contributed by atoms with Gasteiger partial charge in [-0.1, -0.05) is 17.3 Å². The van der Waals surface area contributed by atoms with E-state index < -0.39 is 12.8 Å². The number of oxime groups is 1. The maximum absolute atomic E-state index is 12.0. The van der Waals surface area contributed by atoms with Crippen LogP contribution >= 0.6 is 0 Å². The number of halogens is 3. The number of fused-ring (bicyclic) bond motifs is 1. The van der Waals surface area contributed by atoms with E-state index in [4.69, 9.17) is 0 Å². The molecule has 2 aliphatic heterocycles. The summed E-state index contributed by atoms with van der Waals surface area (Å²) in [6, 6.07) is 2.02. The lowest BCUT2D eigenvalue weighted by Gasteiger charge is -2.38. The number of likely N-dealkylation sites (tertiary alicyclic amines) is 1. The maximum Gasteiger partial charge on any atom is 0.425 e. The average Bonchev–Trinajstić information content (AvgIpc) is 2.55. The van der Waals surface area contributed by atoms with Crippen molar-refractivity contribution in [1.82, 2.24) is 9.88 Å². The lowest BCUT2D eigenvalue weighted by Crippen LogP contribution is -2.49. The van der Waals surface area contributed by atoms with Crippen LogP contribution in [0, 0.1) is 5.92 Å². The highest BCUT2D eigenvalue weighted by Crippen LogP contribution is 2.22. The van der Waals surface area contributed by atoms with Gasteiger partial charge in [-0.05, 0) is 30.5 Å². The molecule has 2 aliphatic rings. The molecule has 1 saturated heterocycles. The molecule has 1 N–H and O–H groups in total. The first-order chi connectivity index (χ1) is 12.8. The fourth-order valence-corrected chi connectivity index (χ4v) is 2.97. The molecule has 0 spiro atoms. The van der Waals surface area contributed by atoms with Crippen LogP contribution < -0.4 is 5.32 Å². The molecule has 1 fully saturated rings. The molecule has 0 saturated carbocycles. The topological polar surface area (TPSA) is 66.8 Å². The quantitative estimate of drug-likeness (QED) is 0.607. The van der Waals surface area contributed by atoms with Crippen LogP contribution in [0.2, 0.25) is 0 Å². The van der Waals surface area contributed by atoms with Crippen molar-refractivity contribution < 1.29 is 22.8 Å². The van der Waals surface area contributed by atoms with Crippen molar-refractivity contribution in [2.75, 3.05) is 31.6 Å². The SMILES string of the molecule is CC(=NOCC(F)(F)F)C1CN(CC=Cc2cnc3c(c2)CCC(=O)N3)C1. The van der Waals surface area contributed by atoms with Gasteiger partial charge in [0, 0.05) is 38.2 Å². The third kappa shape index (κ3) is 5.53. The van der Waals surface area contributed by atoms with E-state index in [0.717, 1.165) is 30.8 Å². The highest BCUT2D eigenvalue weighted by Gasteiger charge is 2.30. The molecule has 0 radical (unpaired) electrons. The van der Waals surface area contributed by atoms with Gasteiger partial charge in [-0.15, -0.1) is 0 Å². The van der Waals surface area contributed by atoms with Gasteiger partial charge in [0.15, 0.2) is 0 Å². The number of aromatic nitrogens is 1. The van der Waals surface area contributed by atoms with Crippen LogP contribution in [-0.4, -0.2) is 53.9 Å². The molecule has 1 amide bonds. The highest BCUT2D eigenvalue weighted by atomic mass is 19.4. The number of amides is 1. The first kappa shape index (κ1) is 19.3. The van der Waals surface area contributed by atoms with Crippen LogP contribution in [0.5, 0.6) is 0 Å². The Morgan fingerprint density at radius 3 is 2.96 bits per heavy atom. The number of hydrogen-bond donors (Lipinski definition) is 1. The number of aryl methyl sites for hydroxylation is 1. The Labute approximate surface area is 155 Å². The van der Waals surface area contributed by atoms with Crippen molar-refractivity contribution in [1.29, 1.82) is 0 Å². The minimum atomic E-state index is -4.36. The van der Waals surface area contributed by atoms with Crippen LogP contribution in [0.15, 0.2) is 23.5 Å². The molecule has 0 unspecified atom stereocenters. The van der Waals surface area contributed by atoms with Crippen LogP contribution in [0.1, 0.15) is 24.5 Å². The second-order valence-electron chi connectivity index (χ2n) is 6.76. The van der Waals surface area contributed by atoms with E-state index in [2.05, 4.69) is 25.2 Å². The van der Waals surface area contributed by atoms with Gasteiger partial charge in [0.1, 0.15) is 5.82 Å². The number of hydrogen-bond acceptors (Lipinski definition) is 5. The van der Waals surface area contributed by atoms with Crippen molar-refractivity contribution >= 4 is 23.5 Å². The van der Waals surface area contributed by atoms with Crippen molar-refractivity contribution in [3.8, 4) is 0 Å². The van der Waals surface area contributed by atoms with E-state index >= 15 is 0 Å². The number of carbonyl (C=O) groups excluding carboxylic acids is 1. The molecular weight excluding hydrogens is 361 g/mol. The molecule has 1 aromatic heterocycles. The van der Waals surface area contributed by atoms with Gasteiger partial charge >= 0.3 is 6.18 Å². The summed E-state index contributed by atoms with van der Waals surface area (Å²) in [5, 5.41) is 6.31. The van der Waals surface area contributed by atoms with Crippen LogP contribution in [-0.2, 0) is 16.1 Å². The van der Waals surface area contributed by atoms with Crippen molar-refractivity contribution in [2.24, 2.45) is 11.1 Å². The molecule has 6 nitrogen and oxygen atoms in total.